The summed E-state index contributed by atoms with van der Waals surface area (Å²) in [4.78, 5) is 17.9. The number of nitrogens with one attached hydrogen (secondary N) is 1. The van der Waals surface area contributed by atoms with Crippen LogP contribution in [-0.4, -0.2) is 30.5 Å². The number of carbonyl (C=O) groups excluding carboxylic acids is 1. The van der Waals surface area contributed by atoms with E-state index < -0.39 is 0 Å². The second kappa shape index (κ2) is 6.30. The van der Waals surface area contributed by atoms with Crippen molar-refractivity contribution in [3.63, 3.8) is 0 Å². The fourth-order valence-corrected chi connectivity index (χ4v) is 3.58. The molecule has 7 heteroatoms. The number of pyridine rings is 1. The standard InChI is InChI=1S/C21H20N6O/c1-13-19-17(12-18(14-7-8-14)24-20(19)26(2)25-13)21(28)23-15-5-3-6-16(11-15)27-10-4-9-22-27/h3-6,9-12,14H,7-8H2,1-2H3,(H,23,28). The molecule has 1 amide bonds. The number of aromatic nitrogens is 5. The maximum Gasteiger partial charge on any atom is 0.256 e. The Labute approximate surface area is 162 Å². The van der Waals surface area contributed by atoms with E-state index in [2.05, 4.69) is 15.5 Å². The highest BCUT2D eigenvalue weighted by Gasteiger charge is 2.28. The van der Waals surface area contributed by atoms with Crippen LogP contribution in [0.15, 0.2) is 48.8 Å². The van der Waals surface area contributed by atoms with Crippen LogP contribution in [0.3, 0.4) is 0 Å². The number of hydrogen-bond acceptors (Lipinski definition) is 4. The Hall–Kier alpha value is -3.48. The molecule has 3 heterocycles. The number of nitrogens with zero attached hydrogens (tertiary/aromatic N) is 5. The summed E-state index contributed by atoms with van der Waals surface area (Å²) in [5.41, 5.74) is 4.78. The Balaban J connectivity index is 1.54. The highest BCUT2D eigenvalue weighted by atomic mass is 16.1. The van der Waals surface area contributed by atoms with Crippen LogP contribution >= 0.6 is 0 Å². The average Bonchev–Trinajstić information content (AvgIpc) is 3.32. The Bertz CT molecular complexity index is 1190. The fourth-order valence-electron chi connectivity index (χ4n) is 3.58. The number of amides is 1. The maximum atomic E-state index is 13.2. The zero-order valence-corrected chi connectivity index (χ0v) is 15.8. The van der Waals surface area contributed by atoms with Crippen molar-refractivity contribution in [1.29, 1.82) is 0 Å². The summed E-state index contributed by atoms with van der Waals surface area (Å²) in [6.45, 7) is 1.91. The molecule has 28 heavy (non-hydrogen) atoms. The van der Waals surface area contributed by atoms with Crippen LogP contribution in [0, 0.1) is 6.92 Å². The molecule has 0 bridgehead atoms. The minimum atomic E-state index is -0.150. The second-order valence-electron chi connectivity index (χ2n) is 7.23. The molecule has 0 spiro atoms. The van der Waals surface area contributed by atoms with Gasteiger partial charge in [-0.15, -0.1) is 0 Å². The van der Waals surface area contributed by atoms with Gasteiger partial charge in [0.2, 0.25) is 0 Å². The quantitative estimate of drug-likeness (QED) is 0.594. The third-order valence-electron chi connectivity index (χ3n) is 5.10. The van der Waals surface area contributed by atoms with E-state index in [-0.39, 0.29) is 5.91 Å². The van der Waals surface area contributed by atoms with Crippen LogP contribution in [0.5, 0.6) is 0 Å². The van der Waals surface area contributed by atoms with Crippen LogP contribution < -0.4 is 5.32 Å². The predicted molar refractivity (Wildman–Crippen MR) is 107 cm³/mol. The third kappa shape index (κ3) is 2.85. The van der Waals surface area contributed by atoms with Crippen molar-refractivity contribution < 1.29 is 4.79 Å². The Kier molecular flexibility index (Phi) is 3.75. The molecule has 7 nitrogen and oxygen atoms in total. The molecule has 1 N–H and O–H groups in total. The lowest BCUT2D eigenvalue weighted by Gasteiger charge is -2.10. The van der Waals surface area contributed by atoms with Crippen molar-refractivity contribution in [1.82, 2.24) is 24.5 Å². The summed E-state index contributed by atoms with van der Waals surface area (Å²) in [6.07, 6.45) is 5.85. The van der Waals surface area contributed by atoms with E-state index in [4.69, 9.17) is 4.98 Å². The van der Waals surface area contributed by atoms with Gasteiger partial charge in [-0.25, -0.2) is 9.67 Å². The van der Waals surface area contributed by atoms with Gasteiger partial charge in [0.25, 0.3) is 5.91 Å². The van der Waals surface area contributed by atoms with Crippen molar-refractivity contribution in [2.75, 3.05) is 5.32 Å². The topological polar surface area (TPSA) is 77.6 Å². The molecule has 1 aromatic carbocycles. The molecule has 0 radical (unpaired) electrons. The normalized spacial score (nSPS) is 13.8. The van der Waals surface area contributed by atoms with Crippen LogP contribution in [0.25, 0.3) is 16.7 Å². The molecule has 1 fully saturated rings. The highest BCUT2D eigenvalue weighted by Crippen LogP contribution is 2.40. The number of anilines is 1. The van der Waals surface area contributed by atoms with Crippen molar-refractivity contribution in [2.45, 2.75) is 25.7 Å². The summed E-state index contributed by atoms with van der Waals surface area (Å²) in [5.74, 6) is 0.303. The van der Waals surface area contributed by atoms with Gasteiger partial charge in [-0.05, 0) is 50.1 Å². The van der Waals surface area contributed by atoms with Gasteiger partial charge < -0.3 is 5.32 Å². The first-order valence-corrected chi connectivity index (χ1v) is 9.36. The summed E-state index contributed by atoms with van der Waals surface area (Å²) in [6, 6.07) is 11.4. The molecule has 1 saturated carbocycles. The van der Waals surface area contributed by atoms with E-state index in [0.717, 1.165) is 46.6 Å². The zero-order valence-electron chi connectivity index (χ0n) is 15.8. The van der Waals surface area contributed by atoms with Crippen molar-refractivity contribution in [3.05, 3.63) is 65.7 Å². The Morgan fingerprint density at radius 2 is 2.07 bits per heavy atom. The molecule has 0 atom stereocenters. The summed E-state index contributed by atoms with van der Waals surface area (Å²) in [7, 11) is 1.87. The first kappa shape index (κ1) is 16.7. The third-order valence-corrected chi connectivity index (χ3v) is 5.10. The Morgan fingerprint density at radius 3 is 2.82 bits per heavy atom. The molecule has 140 valence electrons. The lowest BCUT2D eigenvalue weighted by Crippen LogP contribution is -2.14. The summed E-state index contributed by atoms with van der Waals surface area (Å²) < 4.78 is 3.52. The lowest BCUT2D eigenvalue weighted by molar-refractivity contribution is 0.102. The van der Waals surface area contributed by atoms with E-state index >= 15 is 0 Å². The number of benzene rings is 1. The first-order valence-electron chi connectivity index (χ1n) is 9.36. The SMILES string of the molecule is Cc1nn(C)c2nc(C3CC3)cc(C(=O)Nc3cccc(-n4cccn4)c3)c12. The molecule has 3 aromatic heterocycles. The second-order valence-corrected chi connectivity index (χ2v) is 7.23. The number of carbonyl (C=O) groups is 1. The minimum Gasteiger partial charge on any atom is -0.322 e. The van der Waals surface area contributed by atoms with Gasteiger partial charge in [0.15, 0.2) is 5.65 Å². The van der Waals surface area contributed by atoms with Gasteiger partial charge in [0.05, 0.1) is 22.3 Å². The van der Waals surface area contributed by atoms with Crippen LogP contribution in [-0.2, 0) is 7.05 Å². The molecule has 0 aliphatic heterocycles. The average molecular weight is 372 g/mol. The molecule has 0 unspecified atom stereocenters. The largest absolute Gasteiger partial charge is 0.322 e. The maximum absolute atomic E-state index is 13.2. The van der Waals surface area contributed by atoms with Gasteiger partial charge in [0.1, 0.15) is 0 Å². The number of fused-ring (bicyclic) bond motifs is 1. The number of rotatable bonds is 4. The van der Waals surface area contributed by atoms with E-state index in [1.807, 2.05) is 56.6 Å². The minimum absolute atomic E-state index is 0.150. The van der Waals surface area contributed by atoms with Crippen LogP contribution in [0.4, 0.5) is 5.69 Å². The summed E-state index contributed by atoms with van der Waals surface area (Å²) in [5, 5.41) is 12.6. The van der Waals surface area contributed by atoms with Gasteiger partial charge in [0, 0.05) is 36.7 Å². The van der Waals surface area contributed by atoms with E-state index in [1.165, 1.54) is 0 Å². The molecular weight excluding hydrogens is 352 g/mol. The Morgan fingerprint density at radius 1 is 1.21 bits per heavy atom. The first-order chi connectivity index (χ1) is 13.6. The van der Waals surface area contributed by atoms with E-state index in [9.17, 15) is 4.79 Å². The monoisotopic (exact) mass is 372 g/mol. The molecule has 4 aromatic rings. The van der Waals surface area contributed by atoms with Crippen LogP contribution in [0.2, 0.25) is 0 Å². The summed E-state index contributed by atoms with van der Waals surface area (Å²) >= 11 is 0. The fraction of sp³-hybridized carbons (Fsp3) is 0.238. The van der Waals surface area contributed by atoms with E-state index in [0.29, 0.717) is 11.5 Å². The number of aryl methyl sites for hydroxylation is 2. The molecular formula is C21H20N6O. The number of hydrogen-bond donors (Lipinski definition) is 1. The molecule has 5 rings (SSSR count). The van der Waals surface area contributed by atoms with Crippen molar-refractivity contribution in [3.8, 4) is 5.69 Å². The van der Waals surface area contributed by atoms with Gasteiger partial charge in [-0.2, -0.15) is 10.2 Å². The molecule has 1 aliphatic carbocycles. The van der Waals surface area contributed by atoms with Crippen molar-refractivity contribution >= 4 is 22.6 Å². The highest BCUT2D eigenvalue weighted by molar-refractivity contribution is 6.12. The lowest BCUT2D eigenvalue weighted by atomic mass is 10.1. The van der Waals surface area contributed by atoms with Gasteiger partial charge in [-0.1, -0.05) is 6.07 Å². The van der Waals surface area contributed by atoms with Gasteiger partial charge >= 0.3 is 0 Å². The molecule has 0 saturated heterocycles. The van der Waals surface area contributed by atoms with Crippen molar-refractivity contribution in [2.24, 2.45) is 7.05 Å². The van der Waals surface area contributed by atoms with Crippen LogP contribution in [0.1, 0.15) is 40.5 Å². The van der Waals surface area contributed by atoms with E-state index in [1.54, 1.807) is 15.6 Å². The zero-order chi connectivity index (χ0) is 19.3. The molecule has 1 aliphatic rings. The van der Waals surface area contributed by atoms with Gasteiger partial charge in [-0.3, -0.25) is 9.48 Å². The smallest absolute Gasteiger partial charge is 0.256 e. The predicted octanol–water partition coefficient (Wildman–Crippen LogP) is 3.59.